The third-order valence-corrected chi connectivity index (χ3v) is 6.21. The molecule has 1 aromatic heterocycles. The number of benzene rings is 1. The van der Waals surface area contributed by atoms with E-state index in [2.05, 4.69) is 0 Å². The molecular formula is C14H17FN2O2S2. The van der Waals surface area contributed by atoms with Crippen molar-refractivity contribution < 1.29 is 12.8 Å². The number of thiophene rings is 1. The van der Waals surface area contributed by atoms with E-state index in [-0.39, 0.29) is 16.6 Å². The predicted molar refractivity (Wildman–Crippen MR) is 83.2 cm³/mol. The van der Waals surface area contributed by atoms with Crippen molar-refractivity contribution in [3.8, 4) is 0 Å². The number of halogens is 1. The molecular weight excluding hydrogens is 311 g/mol. The maximum absolute atomic E-state index is 13.2. The van der Waals surface area contributed by atoms with Gasteiger partial charge in [-0.15, -0.1) is 11.3 Å². The first-order valence-electron chi connectivity index (χ1n) is 6.38. The van der Waals surface area contributed by atoms with Gasteiger partial charge in [-0.2, -0.15) is 4.31 Å². The van der Waals surface area contributed by atoms with Gasteiger partial charge in [0, 0.05) is 18.0 Å². The number of hydrogen-bond acceptors (Lipinski definition) is 4. The number of rotatable bonds is 5. The van der Waals surface area contributed by atoms with Gasteiger partial charge in [-0.3, -0.25) is 0 Å². The highest BCUT2D eigenvalue weighted by Crippen LogP contribution is 2.22. The van der Waals surface area contributed by atoms with E-state index in [1.54, 1.807) is 11.3 Å². The summed E-state index contributed by atoms with van der Waals surface area (Å²) in [6.07, 6.45) is 0.629. The van der Waals surface area contributed by atoms with Crippen LogP contribution in [0.1, 0.15) is 11.8 Å². The Balaban J connectivity index is 2.23. The van der Waals surface area contributed by atoms with Gasteiger partial charge in [-0.1, -0.05) is 6.07 Å². The zero-order valence-corrected chi connectivity index (χ0v) is 13.4. The molecule has 2 aromatic rings. The topological polar surface area (TPSA) is 63.4 Å². The number of sulfonamides is 1. The van der Waals surface area contributed by atoms with Crippen LogP contribution in [0, 0.1) is 5.82 Å². The summed E-state index contributed by atoms with van der Waals surface area (Å²) in [7, 11) is -2.17. The zero-order chi connectivity index (χ0) is 15.6. The van der Waals surface area contributed by atoms with E-state index in [1.807, 2.05) is 24.4 Å². The van der Waals surface area contributed by atoms with Crippen molar-refractivity contribution >= 4 is 27.0 Å². The Morgan fingerprint density at radius 3 is 2.67 bits per heavy atom. The molecule has 4 nitrogen and oxygen atoms in total. The SMILES string of the molecule is CC(Cc1cccs1)N(C)S(=O)(=O)c1ccc(F)c(N)c1. The number of hydrogen-bond donors (Lipinski definition) is 1. The number of nitrogens with two attached hydrogens (primary N) is 1. The van der Waals surface area contributed by atoms with Crippen molar-refractivity contribution in [1.82, 2.24) is 4.31 Å². The van der Waals surface area contributed by atoms with Gasteiger partial charge >= 0.3 is 0 Å². The Kier molecular flexibility index (Phi) is 4.65. The second-order valence-corrected chi connectivity index (χ2v) is 7.87. The molecule has 1 aromatic carbocycles. The zero-order valence-electron chi connectivity index (χ0n) is 11.8. The second kappa shape index (κ2) is 6.13. The van der Waals surface area contributed by atoms with Crippen molar-refractivity contribution in [3.63, 3.8) is 0 Å². The molecule has 1 atom stereocenters. The number of nitrogens with zero attached hydrogens (tertiary/aromatic N) is 1. The fraction of sp³-hybridized carbons (Fsp3) is 0.286. The summed E-state index contributed by atoms with van der Waals surface area (Å²) in [5.41, 5.74) is 5.28. The average Bonchev–Trinajstić information content (AvgIpc) is 2.93. The fourth-order valence-electron chi connectivity index (χ4n) is 1.93. The highest BCUT2D eigenvalue weighted by Gasteiger charge is 2.26. The van der Waals surface area contributed by atoms with Crippen LogP contribution in [-0.4, -0.2) is 25.8 Å². The van der Waals surface area contributed by atoms with E-state index in [0.29, 0.717) is 6.42 Å². The summed E-state index contributed by atoms with van der Waals surface area (Å²) in [5, 5.41) is 1.96. The normalized spacial score (nSPS) is 13.5. The molecule has 0 aliphatic carbocycles. The van der Waals surface area contributed by atoms with Crippen molar-refractivity contribution in [3.05, 3.63) is 46.4 Å². The molecule has 0 amide bonds. The minimum Gasteiger partial charge on any atom is -0.396 e. The minimum absolute atomic E-state index is 0.00179. The van der Waals surface area contributed by atoms with Crippen LogP contribution in [-0.2, 0) is 16.4 Å². The van der Waals surface area contributed by atoms with Crippen molar-refractivity contribution in [1.29, 1.82) is 0 Å². The van der Waals surface area contributed by atoms with Gasteiger partial charge in [-0.05, 0) is 43.0 Å². The smallest absolute Gasteiger partial charge is 0.243 e. The highest BCUT2D eigenvalue weighted by molar-refractivity contribution is 7.89. The first kappa shape index (κ1) is 15.9. The van der Waals surface area contributed by atoms with Crippen LogP contribution < -0.4 is 5.73 Å². The Morgan fingerprint density at radius 1 is 1.38 bits per heavy atom. The molecule has 21 heavy (non-hydrogen) atoms. The fourth-order valence-corrected chi connectivity index (χ4v) is 4.16. The van der Waals surface area contributed by atoms with Crippen LogP contribution in [0.4, 0.5) is 10.1 Å². The Labute approximate surface area is 128 Å². The van der Waals surface area contributed by atoms with Gasteiger partial charge in [-0.25, -0.2) is 12.8 Å². The van der Waals surface area contributed by atoms with Crippen LogP contribution in [0.15, 0.2) is 40.6 Å². The Hall–Kier alpha value is -1.44. The van der Waals surface area contributed by atoms with Gasteiger partial charge < -0.3 is 5.73 Å². The number of nitrogen functional groups attached to an aromatic ring is 1. The van der Waals surface area contributed by atoms with Crippen LogP contribution in [0.2, 0.25) is 0 Å². The molecule has 0 bridgehead atoms. The minimum atomic E-state index is -3.69. The molecule has 0 saturated carbocycles. The summed E-state index contributed by atoms with van der Waals surface area (Å²) in [5.74, 6) is -0.622. The molecule has 0 aliphatic heterocycles. The van der Waals surface area contributed by atoms with Gasteiger partial charge in [0.1, 0.15) is 5.82 Å². The summed E-state index contributed by atoms with van der Waals surface area (Å²) in [6.45, 7) is 1.84. The lowest BCUT2D eigenvalue weighted by atomic mass is 10.2. The molecule has 0 radical (unpaired) electrons. The average molecular weight is 328 g/mol. The van der Waals surface area contributed by atoms with Gasteiger partial charge in [0.25, 0.3) is 0 Å². The standard InChI is InChI=1S/C14H17FN2O2S2/c1-10(8-11-4-3-7-20-11)17(2)21(18,19)12-5-6-13(15)14(16)9-12/h3-7,9-10H,8,16H2,1-2H3. The van der Waals surface area contributed by atoms with E-state index < -0.39 is 15.8 Å². The van der Waals surface area contributed by atoms with Gasteiger partial charge in [0.15, 0.2) is 0 Å². The van der Waals surface area contributed by atoms with E-state index in [1.165, 1.54) is 17.4 Å². The lowest BCUT2D eigenvalue weighted by molar-refractivity contribution is 0.388. The Bertz CT molecular complexity index is 715. The summed E-state index contributed by atoms with van der Waals surface area (Å²) < 4.78 is 39.5. The van der Waals surface area contributed by atoms with Crippen molar-refractivity contribution in [2.24, 2.45) is 0 Å². The maximum Gasteiger partial charge on any atom is 0.243 e. The molecule has 1 heterocycles. The van der Waals surface area contributed by atoms with Crippen LogP contribution >= 0.6 is 11.3 Å². The van der Waals surface area contributed by atoms with Crippen molar-refractivity contribution in [2.45, 2.75) is 24.3 Å². The molecule has 0 saturated heterocycles. The third kappa shape index (κ3) is 3.42. The molecule has 0 spiro atoms. The number of anilines is 1. The van der Waals surface area contributed by atoms with Crippen LogP contribution in [0.5, 0.6) is 0 Å². The molecule has 0 aliphatic rings. The van der Waals surface area contributed by atoms with E-state index in [9.17, 15) is 12.8 Å². The molecule has 7 heteroatoms. The largest absolute Gasteiger partial charge is 0.396 e. The van der Waals surface area contributed by atoms with Gasteiger partial charge in [0.05, 0.1) is 10.6 Å². The first-order valence-corrected chi connectivity index (χ1v) is 8.70. The summed E-state index contributed by atoms with van der Waals surface area (Å²) >= 11 is 1.59. The maximum atomic E-state index is 13.2. The second-order valence-electron chi connectivity index (χ2n) is 4.84. The number of likely N-dealkylation sites (N-methyl/N-ethyl adjacent to an activating group) is 1. The first-order chi connectivity index (χ1) is 9.82. The van der Waals surface area contributed by atoms with E-state index in [4.69, 9.17) is 5.73 Å². The van der Waals surface area contributed by atoms with E-state index in [0.717, 1.165) is 17.0 Å². The highest BCUT2D eigenvalue weighted by atomic mass is 32.2. The van der Waals surface area contributed by atoms with E-state index >= 15 is 0 Å². The molecule has 2 rings (SSSR count). The quantitative estimate of drug-likeness (QED) is 0.858. The lowest BCUT2D eigenvalue weighted by Gasteiger charge is -2.24. The molecule has 114 valence electrons. The third-order valence-electron chi connectivity index (χ3n) is 3.34. The molecule has 1 unspecified atom stereocenters. The summed E-state index contributed by atoms with van der Waals surface area (Å²) in [6, 6.07) is 7.15. The predicted octanol–water partition coefficient (Wildman–Crippen LogP) is 2.72. The lowest BCUT2D eigenvalue weighted by Crippen LogP contribution is -2.36. The Morgan fingerprint density at radius 2 is 2.10 bits per heavy atom. The molecule has 0 fully saturated rings. The molecule has 2 N–H and O–H groups in total. The van der Waals surface area contributed by atoms with Crippen LogP contribution in [0.3, 0.4) is 0 Å². The van der Waals surface area contributed by atoms with Crippen molar-refractivity contribution in [2.75, 3.05) is 12.8 Å². The van der Waals surface area contributed by atoms with Crippen LogP contribution in [0.25, 0.3) is 0 Å². The summed E-state index contributed by atoms with van der Waals surface area (Å²) in [4.78, 5) is 1.12. The monoisotopic (exact) mass is 328 g/mol. The van der Waals surface area contributed by atoms with Gasteiger partial charge in [0.2, 0.25) is 10.0 Å².